The third-order valence-corrected chi connectivity index (χ3v) is 3.43. The van der Waals surface area contributed by atoms with E-state index in [1.807, 2.05) is 19.1 Å². The number of carbonyl (C=O) groups excluding carboxylic acids is 1. The Morgan fingerprint density at radius 3 is 3.06 bits per heavy atom. The van der Waals surface area contributed by atoms with Crippen molar-refractivity contribution in [2.45, 2.75) is 19.8 Å². The zero-order valence-corrected chi connectivity index (χ0v) is 10.7. The van der Waals surface area contributed by atoms with E-state index in [2.05, 4.69) is 22.0 Å². The summed E-state index contributed by atoms with van der Waals surface area (Å²) in [5.74, 6) is -0.245. The molecular formula is C13H13BrO2. The molecule has 0 heterocycles. The minimum absolute atomic E-state index is 0.245. The van der Waals surface area contributed by atoms with Crippen molar-refractivity contribution in [2.75, 3.05) is 6.61 Å². The lowest BCUT2D eigenvalue weighted by Gasteiger charge is -2.02. The first-order chi connectivity index (χ1) is 7.72. The Hall–Kier alpha value is -1.09. The number of hydrogen-bond acceptors (Lipinski definition) is 2. The average Bonchev–Trinajstić information content (AvgIpc) is 2.64. The summed E-state index contributed by atoms with van der Waals surface area (Å²) in [6, 6.07) is 6.08. The highest BCUT2D eigenvalue weighted by Gasteiger charge is 2.19. The molecule has 0 saturated heterocycles. The van der Waals surface area contributed by atoms with Crippen molar-refractivity contribution < 1.29 is 9.53 Å². The first-order valence-electron chi connectivity index (χ1n) is 5.37. The topological polar surface area (TPSA) is 26.3 Å². The second-order valence-electron chi connectivity index (χ2n) is 3.69. The summed E-state index contributed by atoms with van der Waals surface area (Å²) in [4.78, 5) is 11.4. The van der Waals surface area contributed by atoms with E-state index < -0.39 is 0 Å². The minimum atomic E-state index is -0.245. The molecule has 1 aliphatic rings. The fourth-order valence-corrected chi connectivity index (χ4v) is 2.55. The van der Waals surface area contributed by atoms with Gasteiger partial charge in [-0.15, -0.1) is 0 Å². The van der Waals surface area contributed by atoms with Crippen molar-refractivity contribution in [1.29, 1.82) is 0 Å². The molecule has 1 aliphatic carbocycles. The summed E-state index contributed by atoms with van der Waals surface area (Å²) in [5, 5.41) is 0. The maximum Gasteiger partial charge on any atom is 0.331 e. The van der Waals surface area contributed by atoms with Gasteiger partial charge < -0.3 is 4.74 Å². The molecule has 16 heavy (non-hydrogen) atoms. The second-order valence-corrected chi connectivity index (χ2v) is 4.54. The maximum atomic E-state index is 11.4. The molecule has 0 unspecified atom stereocenters. The second kappa shape index (κ2) is 4.83. The van der Waals surface area contributed by atoms with E-state index in [0.717, 1.165) is 22.9 Å². The van der Waals surface area contributed by atoms with Gasteiger partial charge in [0.25, 0.3) is 0 Å². The lowest BCUT2D eigenvalue weighted by molar-refractivity contribution is -0.137. The number of halogens is 1. The van der Waals surface area contributed by atoms with Crippen molar-refractivity contribution >= 4 is 27.5 Å². The smallest absolute Gasteiger partial charge is 0.331 e. The molecule has 0 radical (unpaired) electrons. The van der Waals surface area contributed by atoms with Crippen LogP contribution in [0, 0.1) is 0 Å². The first-order valence-corrected chi connectivity index (χ1v) is 6.16. The van der Waals surface area contributed by atoms with Gasteiger partial charge in [0.1, 0.15) is 0 Å². The molecule has 1 aromatic rings. The highest BCUT2D eigenvalue weighted by molar-refractivity contribution is 9.10. The van der Waals surface area contributed by atoms with Crippen LogP contribution in [0.1, 0.15) is 24.5 Å². The van der Waals surface area contributed by atoms with Crippen LogP contribution in [0.25, 0.3) is 5.57 Å². The molecule has 84 valence electrons. The number of allylic oxidation sites excluding steroid dienone is 1. The number of carbonyl (C=O) groups is 1. The standard InChI is InChI=1S/C13H13BrO2/c1-2-16-13(15)8-9-6-7-11-10(9)4-3-5-12(11)14/h3-5,8H,2,6-7H2,1H3/b9-8-. The number of ether oxygens (including phenoxy) is 1. The first kappa shape index (κ1) is 11.4. The van der Waals surface area contributed by atoms with Crippen molar-refractivity contribution in [2.24, 2.45) is 0 Å². The molecule has 2 rings (SSSR count). The predicted octanol–water partition coefficient (Wildman–Crippen LogP) is 3.34. The Labute approximate surface area is 103 Å². The zero-order chi connectivity index (χ0) is 11.5. The van der Waals surface area contributed by atoms with Gasteiger partial charge in [-0.3, -0.25) is 0 Å². The lowest BCUT2D eigenvalue weighted by atomic mass is 10.1. The molecule has 0 spiro atoms. The van der Waals surface area contributed by atoms with Crippen LogP contribution < -0.4 is 0 Å². The van der Waals surface area contributed by atoms with Crippen LogP contribution in [0.2, 0.25) is 0 Å². The van der Waals surface area contributed by atoms with Gasteiger partial charge in [-0.1, -0.05) is 28.1 Å². The summed E-state index contributed by atoms with van der Waals surface area (Å²) < 4.78 is 6.04. The van der Waals surface area contributed by atoms with Crippen LogP contribution in [0.4, 0.5) is 0 Å². The van der Waals surface area contributed by atoms with Crippen LogP contribution in [-0.4, -0.2) is 12.6 Å². The Morgan fingerprint density at radius 1 is 1.50 bits per heavy atom. The minimum Gasteiger partial charge on any atom is -0.463 e. The number of hydrogen-bond donors (Lipinski definition) is 0. The summed E-state index contributed by atoms with van der Waals surface area (Å²) in [7, 11) is 0. The summed E-state index contributed by atoms with van der Waals surface area (Å²) >= 11 is 3.53. The number of fused-ring (bicyclic) bond motifs is 1. The molecule has 0 bridgehead atoms. The van der Waals surface area contributed by atoms with E-state index in [-0.39, 0.29) is 5.97 Å². The van der Waals surface area contributed by atoms with E-state index in [1.54, 1.807) is 6.08 Å². The lowest BCUT2D eigenvalue weighted by Crippen LogP contribution is -2.00. The van der Waals surface area contributed by atoms with Crippen molar-refractivity contribution in [3.63, 3.8) is 0 Å². The molecule has 2 nitrogen and oxygen atoms in total. The van der Waals surface area contributed by atoms with Gasteiger partial charge in [0.15, 0.2) is 0 Å². The van der Waals surface area contributed by atoms with Crippen molar-refractivity contribution in [3.05, 3.63) is 39.9 Å². The molecule has 0 atom stereocenters. The molecule has 0 amide bonds. The van der Waals surface area contributed by atoms with Gasteiger partial charge in [0, 0.05) is 10.5 Å². The third-order valence-electron chi connectivity index (χ3n) is 2.69. The van der Waals surface area contributed by atoms with Gasteiger partial charge in [-0.05, 0) is 42.5 Å². The van der Waals surface area contributed by atoms with E-state index in [4.69, 9.17) is 4.74 Å². The third kappa shape index (κ3) is 2.19. The van der Waals surface area contributed by atoms with Crippen LogP contribution in [-0.2, 0) is 16.0 Å². The van der Waals surface area contributed by atoms with Crippen LogP contribution in [0.5, 0.6) is 0 Å². The Bertz CT molecular complexity index is 449. The van der Waals surface area contributed by atoms with Crippen molar-refractivity contribution in [1.82, 2.24) is 0 Å². The molecule has 0 fully saturated rings. The fourth-order valence-electron chi connectivity index (χ4n) is 1.98. The van der Waals surface area contributed by atoms with Crippen LogP contribution in [0.3, 0.4) is 0 Å². The van der Waals surface area contributed by atoms with Gasteiger partial charge in [-0.25, -0.2) is 4.79 Å². The summed E-state index contributed by atoms with van der Waals surface area (Å²) in [5.41, 5.74) is 3.54. The number of esters is 1. The van der Waals surface area contributed by atoms with Crippen LogP contribution >= 0.6 is 15.9 Å². The van der Waals surface area contributed by atoms with E-state index in [0.29, 0.717) is 6.61 Å². The molecule has 3 heteroatoms. The Kier molecular flexibility index (Phi) is 3.44. The van der Waals surface area contributed by atoms with Gasteiger partial charge in [0.05, 0.1) is 6.61 Å². The van der Waals surface area contributed by atoms with Crippen LogP contribution in [0.15, 0.2) is 28.7 Å². The summed E-state index contributed by atoms with van der Waals surface area (Å²) in [6.07, 6.45) is 3.51. The van der Waals surface area contributed by atoms with Gasteiger partial charge >= 0.3 is 5.97 Å². The van der Waals surface area contributed by atoms with Gasteiger partial charge in [-0.2, -0.15) is 0 Å². The molecule has 0 saturated carbocycles. The molecular weight excluding hydrogens is 268 g/mol. The van der Waals surface area contributed by atoms with Gasteiger partial charge in [0.2, 0.25) is 0 Å². The normalized spacial score (nSPS) is 16.2. The highest BCUT2D eigenvalue weighted by Crippen LogP contribution is 2.36. The number of benzene rings is 1. The SMILES string of the molecule is CCOC(=O)/C=C1/CCc2c(Br)cccc21. The maximum absolute atomic E-state index is 11.4. The zero-order valence-electron chi connectivity index (χ0n) is 9.13. The predicted molar refractivity (Wildman–Crippen MR) is 67.1 cm³/mol. The molecule has 0 N–H and O–H groups in total. The molecule has 0 aromatic heterocycles. The molecule has 0 aliphatic heterocycles. The Morgan fingerprint density at radius 2 is 2.31 bits per heavy atom. The summed E-state index contributed by atoms with van der Waals surface area (Å²) in [6.45, 7) is 2.24. The Balaban J connectivity index is 2.30. The van der Waals surface area contributed by atoms with E-state index in [9.17, 15) is 4.79 Å². The largest absolute Gasteiger partial charge is 0.463 e. The fraction of sp³-hybridized carbons (Fsp3) is 0.308. The van der Waals surface area contributed by atoms with E-state index in [1.165, 1.54) is 11.1 Å². The highest BCUT2D eigenvalue weighted by atomic mass is 79.9. The molecule has 1 aromatic carbocycles. The van der Waals surface area contributed by atoms with Crippen molar-refractivity contribution in [3.8, 4) is 0 Å². The quantitative estimate of drug-likeness (QED) is 0.614. The van der Waals surface area contributed by atoms with E-state index >= 15 is 0 Å². The number of rotatable bonds is 2. The average molecular weight is 281 g/mol. The monoisotopic (exact) mass is 280 g/mol.